The minimum Gasteiger partial charge on any atom is -0.379 e. The molecule has 1 aliphatic rings. The Labute approximate surface area is 174 Å². The van der Waals surface area contributed by atoms with Gasteiger partial charge in [-0.1, -0.05) is 0 Å². The molecule has 0 saturated carbocycles. The Morgan fingerprint density at radius 1 is 1.03 bits per heavy atom. The summed E-state index contributed by atoms with van der Waals surface area (Å²) in [6.07, 6.45) is 2.78. The quantitative estimate of drug-likeness (QED) is 0.507. The van der Waals surface area contributed by atoms with Crippen LogP contribution in [0.3, 0.4) is 0 Å². The number of hydrogen-bond acceptors (Lipinski definition) is 5. The van der Waals surface area contributed by atoms with E-state index in [1.807, 2.05) is 0 Å². The maximum atomic E-state index is 13.3. The standard InChI is InChI=1S/C22H25FN6O/c1-15-16(2)28(9-3-8-27-10-12-30-13-11-27)21-19(15)22-25-20(26-29(22)14-24-21)17-4-6-18(23)7-5-17/h4-7,14H,3,8-13H2,1-2H3. The van der Waals surface area contributed by atoms with Crippen molar-refractivity contribution >= 4 is 16.7 Å². The van der Waals surface area contributed by atoms with Crippen LogP contribution in [0.2, 0.25) is 0 Å². The normalized spacial score (nSPS) is 15.4. The summed E-state index contributed by atoms with van der Waals surface area (Å²) >= 11 is 0. The van der Waals surface area contributed by atoms with Crippen molar-refractivity contribution in [1.29, 1.82) is 0 Å². The van der Waals surface area contributed by atoms with Crippen LogP contribution in [0.1, 0.15) is 17.7 Å². The van der Waals surface area contributed by atoms with Crippen molar-refractivity contribution in [2.45, 2.75) is 26.8 Å². The van der Waals surface area contributed by atoms with E-state index in [1.54, 1.807) is 23.0 Å². The first kappa shape index (κ1) is 19.1. The molecule has 3 aromatic heterocycles. The van der Waals surface area contributed by atoms with Crippen LogP contribution < -0.4 is 0 Å². The molecule has 0 amide bonds. The summed E-state index contributed by atoms with van der Waals surface area (Å²) < 4.78 is 22.7. The minimum atomic E-state index is -0.271. The second-order valence-electron chi connectivity index (χ2n) is 7.82. The van der Waals surface area contributed by atoms with Crippen molar-refractivity contribution in [2.75, 3.05) is 32.8 Å². The first-order valence-corrected chi connectivity index (χ1v) is 10.4. The number of benzene rings is 1. The maximum absolute atomic E-state index is 13.3. The summed E-state index contributed by atoms with van der Waals surface area (Å²) in [6.45, 7) is 9.90. The van der Waals surface area contributed by atoms with Gasteiger partial charge < -0.3 is 9.30 Å². The van der Waals surface area contributed by atoms with Gasteiger partial charge in [-0.15, -0.1) is 5.10 Å². The molecular formula is C22H25FN6O. The fourth-order valence-electron chi connectivity index (χ4n) is 4.20. The third-order valence-corrected chi connectivity index (χ3v) is 6.01. The van der Waals surface area contributed by atoms with Crippen molar-refractivity contribution in [2.24, 2.45) is 0 Å². The molecule has 0 unspecified atom stereocenters. The van der Waals surface area contributed by atoms with Crippen molar-refractivity contribution in [1.82, 2.24) is 29.0 Å². The maximum Gasteiger partial charge on any atom is 0.182 e. The summed E-state index contributed by atoms with van der Waals surface area (Å²) in [5, 5.41) is 5.59. The van der Waals surface area contributed by atoms with Gasteiger partial charge >= 0.3 is 0 Å². The number of fused-ring (bicyclic) bond motifs is 3. The fourth-order valence-corrected chi connectivity index (χ4v) is 4.20. The van der Waals surface area contributed by atoms with E-state index in [4.69, 9.17) is 14.7 Å². The second-order valence-corrected chi connectivity index (χ2v) is 7.82. The van der Waals surface area contributed by atoms with Crippen LogP contribution in [0, 0.1) is 19.7 Å². The van der Waals surface area contributed by atoms with Gasteiger partial charge in [0.15, 0.2) is 11.5 Å². The number of rotatable bonds is 5. The molecular weight excluding hydrogens is 383 g/mol. The van der Waals surface area contributed by atoms with Gasteiger partial charge in [-0.05, 0) is 50.1 Å². The average molecular weight is 408 g/mol. The number of aromatic nitrogens is 5. The van der Waals surface area contributed by atoms with E-state index < -0.39 is 0 Å². The molecule has 4 aromatic rings. The fraction of sp³-hybridized carbons (Fsp3) is 0.409. The average Bonchev–Trinajstić information content (AvgIpc) is 3.30. The van der Waals surface area contributed by atoms with Crippen LogP contribution in [0.5, 0.6) is 0 Å². The molecule has 0 N–H and O–H groups in total. The number of ether oxygens (including phenoxy) is 1. The zero-order valence-electron chi connectivity index (χ0n) is 17.3. The molecule has 7 nitrogen and oxygen atoms in total. The van der Waals surface area contributed by atoms with Gasteiger partial charge in [0.25, 0.3) is 0 Å². The topological polar surface area (TPSA) is 60.5 Å². The van der Waals surface area contributed by atoms with E-state index in [2.05, 4.69) is 28.4 Å². The predicted molar refractivity (Wildman–Crippen MR) is 113 cm³/mol. The number of halogens is 1. The molecule has 0 radical (unpaired) electrons. The van der Waals surface area contributed by atoms with Crippen molar-refractivity contribution in [3.63, 3.8) is 0 Å². The van der Waals surface area contributed by atoms with Crippen LogP contribution in [0.15, 0.2) is 30.6 Å². The number of aryl methyl sites for hydroxylation is 2. The number of nitrogens with zero attached hydrogens (tertiary/aromatic N) is 6. The number of morpholine rings is 1. The molecule has 1 aliphatic heterocycles. The van der Waals surface area contributed by atoms with Gasteiger partial charge in [-0.3, -0.25) is 4.90 Å². The highest BCUT2D eigenvalue weighted by Gasteiger charge is 2.19. The zero-order valence-corrected chi connectivity index (χ0v) is 17.3. The smallest absolute Gasteiger partial charge is 0.182 e. The largest absolute Gasteiger partial charge is 0.379 e. The summed E-state index contributed by atoms with van der Waals surface area (Å²) in [4.78, 5) is 11.9. The summed E-state index contributed by atoms with van der Waals surface area (Å²) in [5.41, 5.74) is 4.89. The van der Waals surface area contributed by atoms with E-state index in [-0.39, 0.29) is 5.82 Å². The van der Waals surface area contributed by atoms with Gasteiger partial charge in [0, 0.05) is 37.4 Å². The molecule has 0 bridgehead atoms. The summed E-state index contributed by atoms with van der Waals surface area (Å²) in [5.74, 6) is 0.300. The SMILES string of the molecule is Cc1c(C)n(CCCN2CCOCC2)c2ncn3nc(-c4ccc(F)cc4)nc3c12. The summed E-state index contributed by atoms with van der Waals surface area (Å²) in [7, 11) is 0. The van der Waals surface area contributed by atoms with Crippen LogP contribution in [-0.4, -0.2) is 61.9 Å². The van der Waals surface area contributed by atoms with Gasteiger partial charge in [0.1, 0.15) is 17.8 Å². The molecule has 0 spiro atoms. The number of hydrogen-bond donors (Lipinski definition) is 0. The highest BCUT2D eigenvalue weighted by Crippen LogP contribution is 2.28. The molecule has 156 valence electrons. The van der Waals surface area contributed by atoms with Crippen molar-refractivity contribution in [3.8, 4) is 11.4 Å². The van der Waals surface area contributed by atoms with Crippen molar-refractivity contribution in [3.05, 3.63) is 47.7 Å². The van der Waals surface area contributed by atoms with Crippen LogP contribution in [-0.2, 0) is 11.3 Å². The third kappa shape index (κ3) is 3.36. The molecule has 4 heterocycles. The van der Waals surface area contributed by atoms with E-state index in [1.165, 1.54) is 23.4 Å². The Morgan fingerprint density at radius 3 is 2.57 bits per heavy atom. The van der Waals surface area contributed by atoms with Crippen molar-refractivity contribution < 1.29 is 9.13 Å². The lowest BCUT2D eigenvalue weighted by Crippen LogP contribution is -2.37. The third-order valence-electron chi connectivity index (χ3n) is 6.01. The Bertz CT molecular complexity index is 1190. The minimum absolute atomic E-state index is 0.271. The van der Waals surface area contributed by atoms with E-state index >= 15 is 0 Å². The molecule has 0 atom stereocenters. The molecule has 30 heavy (non-hydrogen) atoms. The van der Waals surface area contributed by atoms with E-state index in [0.717, 1.165) is 68.1 Å². The Morgan fingerprint density at radius 2 is 1.80 bits per heavy atom. The lowest BCUT2D eigenvalue weighted by atomic mass is 10.2. The van der Waals surface area contributed by atoms with Crippen LogP contribution >= 0.6 is 0 Å². The second kappa shape index (κ2) is 7.77. The van der Waals surface area contributed by atoms with Gasteiger partial charge in [-0.2, -0.15) is 0 Å². The molecule has 1 fully saturated rings. The van der Waals surface area contributed by atoms with Gasteiger partial charge in [-0.25, -0.2) is 18.9 Å². The molecule has 1 aromatic carbocycles. The highest BCUT2D eigenvalue weighted by molar-refractivity contribution is 5.94. The lowest BCUT2D eigenvalue weighted by Gasteiger charge is -2.26. The van der Waals surface area contributed by atoms with E-state index in [9.17, 15) is 4.39 Å². The van der Waals surface area contributed by atoms with Crippen LogP contribution in [0.25, 0.3) is 28.1 Å². The van der Waals surface area contributed by atoms with E-state index in [0.29, 0.717) is 5.82 Å². The lowest BCUT2D eigenvalue weighted by molar-refractivity contribution is 0.0369. The monoisotopic (exact) mass is 408 g/mol. The molecule has 0 aliphatic carbocycles. The predicted octanol–water partition coefficient (Wildman–Crippen LogP) is 3.22. The Kier molecular flexibility index (Phi) is 4.96. The highest BCUT2D eigenvalue weighted by atomic mass is 19.1. The Balaban J connectivity index is 1.48. The summed E-state index contributed by atoms with van der Waals surface area (Å²) in [6, 6.07) is 6.25. The molecule has 1 saturated heterocycles. The van der Waals surface area contributed by atoms with Crippen LogP contribution in [0.4, 0.5) is 4.39 Å². The first-order valence-electron chi connectivity index (χ1n) is 10.4. The zero-order chi connectivity index (χ0) is 20.7. The molecule has 8 heteroatoms. The van der Waals surface area contributed by atoms with Gasteiger partial charge in [0.2, 0.25) is 0 Å². The molecule has 5 rings (SSSR count). The van der Waals surface area contributed by atoms with Gasteiger partial charge in [0.05, 0.1) is 18.6 Å². The first-order chi connectivity index (χ1) is 14.6. The Hall–Kier alpha value is -2.84.